The first-order valence-corrected chi connectivity index (χ1v) is 8.88. The minimum atomic E-state index is -0.499. The fraction of sp³-hybridized carbons (Fsp3) is 0.364. The van der Waals surface area contributed by atoms with Gasteiger partial charge in [0, 0.05) is 13.1 Å². The topological polar surface area (TPSA) is 53.3 Å². The van der Waals surface area contributed by atoms with Crippen LogP contribution in [0.5, 0.6) is 0 Å². The van der Waals surface area contributed by atoms with E-state index in [4.69, 9.17) is 10.00 Å². The Balaban J connectivity index is 1.96. The Bertz CT molecular complexity index is 888. The second kappa shape index (κ2) is 6.84. The van der Waals surface area contributed by atoms with Gasteiger partial charge in [-0.05, 0) is 74.1 Å². The number of carbonyl (C=O) groups is 1. The summed E-state index contributed by atoms with van der Waals surface area (Å²) < 4.78 is 5.54. The maximum Gasteiger partial charge on any atom is 0.410 e. The number of amides is 1. The normalized spacial score (nSPS) is 13.7. The summed E-state index contributed by atoms with van der Waals surface area (Å²) in [4.78, 5) is 14.3. The third-order valence-corrected chi connectivity index (χ3v) is 4.57. The lowest BCUT2D eigenvalue weighted by molar-refractivity contribution is 0.0224. The molecule has 1 amide bonds. The maximum absolute atomic E-state index is 12.5. The summed E-state index contributed by atoms with van der Waals surface area (Å²) in [6.07, 6.45) is 0.548. The fourth-order valence-electron chi connectivity index (χ4n) is 3.35. The van der Waals surface area contributed by atoms with Crippen molar-refractivity contribution in [2.75, 3.05) is 6.54 Å². The van der Waals surface area contributed by atoms with Crippen LogP contribution >= 0.6 is 0 Å². The third kappa shape index (κ3) is 3.72. The van der Waals surface area contributed by atoms with Crippen molar-refractivity contribution in [3.05, 3.63) is 58.7 Å². The third-order valence-electron chi connectivity index (χ3n) is 4.57. The molecule has 3 rings (SSSR count). The van der Waals surface area contributed by atoms with E-state index in [1.165, 1.54) is 5.56 Å². The van der Waals surface area contributed by atoms with Gasteiger partial charge in [0.25, 0.3) is 0 Å². The maximum atomic E-state index is 12.5. The van der Waals surface area contributed by atoms with Crippen LogP contribution < -0.4 is 0 Å². The zero-order valence-corrected chi connectivity index (χ0v) is 15.8. The van der Waals surface area contributed by atoms with Gasteiger partial charge in [0.1, 0.15) is 5.60 Å². The van der Waals surface area contributed by atoms with E-state index in [0.29, 0.717) is 18.7 Å². The highest BCUT2D eigenvalue weighted by atomic mass is 16.6. The highest BCUT2D eigenvalue weighted by molar-refractivity contribution is 5.75. The van der Waals surface area contributed by atoms with Crippen molar-refractivity contribution in [3.8, 4) is 17.2 Å². The minimum Gasteiger partial charge on any atom is -0.444 e. The number of fused-ring (bicyclic) bond motifs is 1. The summed E-state index contributed by atoms with van der Waals surface area (Å²) >= 11 is 0. The lowest BCUT2D eigenvalue weighted by atomic mass is 9.89. The number of aryl methyl sites for hydroxylation is 1. The molecule has 0 aliphatic carbocycles. The molecule has 1 aliphatic heterocycles. The standard InChI is InChI=1S/C22H24N2O2/c1-15-12-16(13-23)8-9-18(15)19-7-5-6-17-10-11-24(14-20(17)19)21(25)26-22(2,3)4/h5-9,12H,10-11,14H2,1-4H3. The van der Waals surface area contributed by atoms with Crippen LogP contribution in [0.4, 0.5) is 4.79 Å². The average Bonchev–Trinajstić information content (AvgIpc) is 2.59. The summed E-state index contributed by atoms with van der Waals surface area (Å²) in [5.74, 6) is 0. The molecule has 0 saturated carbocycles. The van der Waals surface area contributed by atoms with Crippen LogP contribution in [0.25, 0.3) is 11.1 Å². The van der Waals surface area contributed by atoms with E-state index >= 15 is 0 Å². The fourth-order valence-corrected chi connectivity index (χ4v) is 3.35. The van der Waals surface area contributed by atoms with E-state index in [-0.39, 0.29) is 6.09 Å². The van der Waals surface area contributed by atoms with Crippen LogP contribution in [0.1, 0.15) is 43.0 Å². The predicted octanol–water partition coefficient (Wildman–Crippen LogP) is 4.83. The summed E-state index contributed by atoms with van der Waals surface area (Å²) in [5, 5.41) is 9.10. The molecule has 0 radical (unpaired) electrons. The molecule has 4 nitrogen and oxygen atoms in total. The summed E-state index contributed by atoms with van der Waals surface area (Å²) in [5.41, 5.74) is 5.88. The van der Waals surface area contributed by atoms with Crippen molar-refractivity contribution in [2.24, 2.45) is 0 Å². The van der Waals surface area contributed by atoms with E-state index < -0.39 is 5.60 Å². The number of rotatable bonds is 1. The average molecular weight is 348 g/mol. The van der Waals surface area contributed by atoms with Crippen molar-refractivity contribution < 1.29 is 9.53 Å². The van der Waals surface area contributed by atoms with Gasteiger partial charge in [0.15, 0.2) is 0 Å². The van der Waals surface area contributed by atoms with Crippen LogP contribution in [0.3, 0.4) is 0 Å². The molecule has 0 atom stereocenters. The highest BCUT2D eigenvalue weighted by Gasteiger charge is 2.27. The van der Waals surface area contributed by atoms with Crippen molar-refractivity contribution in [3.63, 3.8) is 0 Å². The van der Waals surface area contributed by atoms with Gasteiger partial charge in [-0.3, -0.25) is 0 Å². The Morgan fingerprint density at radius 3 is 2.62 bits per heavy atom. The van der Waals surface area contributed by atoms with Crippen LogP contribution in [0.15, 0.2) is 36.4 Å². The van der Waals surface area contributed by atoms with Gasteiger partial charge < -0.3 is 9.64 Å². The highest BCUT2D eigenvalue weighted by Crippen LogP contribution is 2.33. The first-order valence-electron chi connectivity index (χ1n) is 8.88. The van der Waals surface area contributed by atoms with E-state index in [9.17, 15) is 4.79 Å². The Morgan fingerprint density at radius 1 is 1.19 bits per heavy atom. The Kier molecular flexibility index (Phi) is 4.73. The van der Waals surface area contributed by atoms with Gasteiger partial charge in [0.05, 0.1) is 11.6 Å². The van der Waals surface area contributed by atoms with Crippen molar-refractivity contribution in [1.82, 2.24) is 4.90 Å². The van der Waals surface area contributed by atoms with Gasteiger partial charge >= 0.3 is 6.09 Å². The molecule has 26 heavy (non-hydrogen) atoms. The molecule has 1 aliphatic rings. The van der Waals surface area contributed by atoms with Gasteiger partial charge in [-0.2, -0.15) is 5.26 Å². The molecule has 134 valence electrons. The molecule has 0 unspecified atom stereocenters. The summed E-state index contributed by atoms with van der Waals surface area (Å²) in [6.45, 7) is 8.87. The van der Waals surface area contributed by atoms with Gasteiger partial charge in [-0.15, -0.1) is 0 Å². The molecule has 0 N–H and O–H groups in total. The smallest absolute Gasteiger partial charge is 0.410 e. The van der Waals surface area contributed by atoms with Crippen LogP contribution in [0.2, 0.25) is 0 Å². The largest absolute Gasteiger partial charge is 0.444 e. The molecule has 0 saturated heterocycles. The SMILES string of the molecule is Cc1cc(C#N)ccc1-c1cccc2c1CN(C(=O)OC(C)(C)C)CC2. The Morgan fingerprint density at radius 2 is 1.96 bits per heavy atom. The monoisotopic (exact) mass is 348 g/mol. The molecule has 2 aromatic carbocycles. The molecule has 1 heterocycles. The molecule has 0 spiro atoms. The van der Waals surface area contributed by atoms with Gasteiger partial charge in [-0.1, -0.05) is 24.3 Å². The predicted molar refractivity (Wildman–Crippen MR) is 102 cm³/mol. The number of benzene rings is 2. The van der Waals surface area contributed by atoms with Crippen molar-refractivity contribution >= 4 is 6.09 Å². The lowest BCUT2D eigenvalue weighted by Gasteiger charge is -2.32. The van der Waals surface area contributed by atoms with Crippen LogP contribution in [-0.4, -0.2) is 23.1 Å². The number of ether oxygens (including phenoxy) is 1. The van der Waals surface area contributed by atoms with E-state index in [1.807, 2.05) is 45.9 Å². The molecule has 0 aromatic heterocycles. The summed E-state index contributed by atoms with van der Waals surface area (Å²) in [7, 11) is 0. The minimum absolute atomic E-state index is 0.269. The lowest BCUT2D eigenvalue weighted by Crippen LogP contribution is -2.40. The van der Waals surface area contributed by atoms with Crippen LogP contribution in [0, 0.1) is 18.3 Å². The quantitative estimate of drug-likeness (QED) is 0.742. The van der Waals surface area contributed by atoms with E-state index in [0.717, 1.165) is 28.7 Å². The van der Waals surface area contributed by atoms with E-state index in [2.05, 4.69) is 24.3 Å². The number of nitrogens with zero attached hydrogens (tertiary/aromatic N) is 2. The van der Waals surface area contributed by atoms with Crippen molar-refractivity contribution in [2.45, 2.75) is 46.3 Å². The zero-order valence-electron chi connectivity index (χ0n) is 15.8. The number of carbonyl (C=O) groups excluding carboxylic acids is 1. The number of hydrogen-bond donors (Lipinski definition) is 0. The molecular formula is C22H24N2O2. The first-order chi connectivity index (χ1) is 12.3. The Hall–Kier alpha value is -2.80. The molecule has 0 bridgehead atoms. The van der Waals surface area contributed by atoms with E-state index in [1.54, 1.807) is 4.90 Å². The molecule has 4 heteroatoms. The Labute approximate surface area is 155 Å². The van der Waals surface area contributed by atoms with Gasteiger partial charge in [0.2, 0.25) is 0 Å². The van der Waals surface area contributed by atoms with Crippen LogP contribution in [-0.2, 0) is 17.7 Å². The molecular weight excluding hydrogens is 324 g/mol. The number of hydrogen-bond acceptors (Lipinski definition) is 3. The molecule has 0 fully saturated rings. The van der Waals surface area contributed by atoms with Crippen molar-refractivity contribution in [1.29, 1.82) is 5.26 Å². The second-order valence-corrected chi connectivity index (χ2v) is 7.74. The summed E-state index contributed by atoms with van der Waals surface area (Å²) in [6, 6.07) is 14.2. The second-order valence-electron chi connectivity index (χ2n) is 7.74. The first kappa shape index (κ1) is 18.0. The number of nitriles is 1. The molecule has 2 aromatic rings. The van der Waals surface area contributed by atoms with Gasteiger partial charge in [-0.25, -0.2) is 4.79 Å². The zero-order chi connectivity index (χ0) is 18.9.